The molecule has 3 rings (SSSR count). The lowest BCUT2D eigenvalue weighted by atomic mass is 10.1. The Hall–Kier alpha value is -2.49. The molecule has 1 fully saturated rings. The number of benzene rings is 1. The van der Waals surface area contributed by atoms with E-state index >= 15 is 0 Å². The van der Waals surface area contributed by atoms with E-state index in [1.54, 1.807) is 20.2 Å². The van der Waals surface area contributed by atoms with Crippen molar-refractivity contribution in [1.82, 2.24) is 14.7 Å². The fourth-order valence-corrected chi connectivity index (χ4v) is 4.83. The number of piperidine rings is 1. The molecule has 9 heteroatoms. The van der Waals surface area contributed by atoms with Gasteiger partial charge in [-0.2, -0.15) is 9.41 Å². The maximum Gasteiger partial charge on any atom is 0.271 e. The number of rotatable bonds is 6. The number of aromatic amines is 1. The second kappa shape index (κ2) is 8.89. The van der Waals surface area contributed by atoms with Crippen LogP contribution in [0.4, 0.5) is 0 Å². The first-order valence-corrected chi connectivity index (χ1v) is 11.1. The van der Waals surface area contributed by atoms with E-state index in [9.17, 15) is 13.2 Å². The number of H-pyrrole nitrogens is 1. The third-order valence-electron chi connectivity index (χ3n) is 5.43. The highest BCUT2D eigenvalue weighted by Gasteiger charge is 2.31. The largest absolute Gasteiger partial charge is 0.360 e. The summed E-state index contributed by atoms with van der Waals surface area (Å²) in [5.74, 6) is -0.397. The van der Waals surface area contributed by atoms with Gasteiger partial charge in [-0.3, -0.25) is 4.79 Å². The molecular weight excluding hydrogens is 390 g/mol. The molecule has 2 aromatic rings. The summed E-state index contributed by atoms with van der Waals surface area (Å²) in [4.78, 5) is 16.9. The van der Waals surface area contributed by atoms with Gasteiger partial charge >= 0.3 is 0 Å². The number of carbonyl (C=O) groups is 1. The van der Waals surface area contributed by atoms with Crippen LogP contribution >= 0.6 is 0 Å². The number of hydrazone groups is 1. The molecule has 2 heterocycles. The van der Waals surface area contributed by atoms with Gasteiger partial charge in [-0.05, 0) is 43.3 Å². The van der Waals surface area contributed by atoms with Gasteiger partial charge in [0.15, 0.2) is 0 Å². The standard InChI is InChI=1S/C20H27N5O3S/c1-15(19-5-4-12-21-19)22-23-20(26)16-6-8-18(9-7-16)29(27,28)25(3)17-10-13-24(2)14-11-17/h4-9,12,17,21H,10-11,13-14H2,1-3H3,(H,23,26)/p+1/b22-15+. The summed E-state index contributed by atoms with van der Waals surface area (Å²) in [6.07, 6.45) is 3.47. The molecule has 0 radical (unpaired) electrons. The SMILES string of the molecule is C/C(=N\NC(=O)c1ccc(S(=O)(=O)N(C)C2CC[NH+](C)CC2)cc1)c1ccc[nH]1. The summed E-state index contributed by atoms with van der Waals surface area (Å²) in [6.45, 7) is 3.71. The third kappa shape index (κ3) is 4.92. The van der Waals surface area contributed by atoms with Crippen LogP contribution in [-0.4, -0.2) is 62.6 Å². The van der Waals surface area contributed by atoms with Crippen LogP contribution in [0, 0.1) is 0 Å². The van der Waals surface area contributed by atoms with Crippen LogP contribution in [-0.2, 0) is 10.0 Å². The molecule has 0 bridgehead atoms. The molecule has 0 spiro atoms. The van der Waals surface area contributed by atoms with Crippen LogP contribution in [0.25, 0.3) is 0 Å². The van der Waals surface area contributed by atoms with Crippen molar-refractivity contribution < 1.29 is 18.1 Å². The smallest absolute Gasteiger partial charge is 0.271 e. The molecule has 0 atom stereocenters. The molecule has 1 aromatic heterocycles. The zero-order valence-electron chi connectivity index (χ0n) is 17.0. The van der Waals surface area contributed by atoms with Crippen molar-refractivity contribution in [3.8, 4) is 0 Å². The molecule has 29 heavy (non-hydrogen) atoms. The predicted octanol–water partition coefficient (Wildman–Crippen LogP) is 0.466. The fraction of sp³-hybridized carbons (Fsp3) is 0.400. The molecule has 1 amide bonds. The number of likely N-dealkylation sites (tertiary alicyclic amines) is 1. The van der Waals surface area contributed by atoms with Gasteiger partial charge in [0.2, 0.25) is 10.0 Å². The maximum atomic E-state index is 12.9. The molecule has 0 saturated carbocycles. The molecule has 0 aliphatic carbocycles. The Morgan fingerprint density at radius 3 is 2.45 bits per heavy atom. The van der Waals surface area contributed by atoms with Crippen LogP contribution in [0.5, 0.6) is 0 Å². The van der Waals surface area contributed by atoms with E-state index in [1.807, 2.05) is 12.1 Å². The average Bonchev–Trinajstić information content (AvgIpc) is 3.27. The van der Waals surface area contributed by atoms with Gasteiger partial charge in [-0.25, -0.2) is 13.8 Å². The highest BCUT2D eigenvalue weighted by molar-refractivity contribution is 7.89. The van der Waals surface area contributed by atoms with Crippen molar-refractivity contribution >= 4 is 21.6 Å². The van der Waals surface area contributed by atoms with Gasteiger partial charge in [0.1, 0.15) is 0 Å². The quantitative estimate of drug-likeness (QED) is 0.470. The Bertz CT molecular complexity index is 960. The second-order valence-electron chi connectivity index (χ2n) is 7.46. The molecule has 1 aliphatic heterocycles. The molecule has 156 valence electrons. The van der Waals surface area contributed by atoms with Gasteiger partial charge in [0.25, 0.3) is 5.91 Å². The summed E-state index contributed by atoms with van der Waals surface area (Å²) in [5.41, 5.74) is 4.29. The van der Waals surface area contributed by atoms with Gasteiger partial charge < -0.3 is 9.88 Å². The Morgan fingerprint density at radius 1 is 1.21 bits per heavy atom. The zero-order valence-corrected chi connectivity index (χ0v) is 17.8. The third-order valence-corrected chi connectivity index (χ3v) is 7.35. The minimum atomic E-state index is -3.59. The summed E-state index contributed by atoms with van der Waals surface area (Å²) in [5, 5.41) is 4.07. The Morgan fingerprint density at radius 2 is 1.86 bits per heavy atom. The lowest BCUT2D eigenvalue weighted by Gasteiger charge is -2.32. The molecular formula is C20H28N5O3S+. The van der Waals surface area contributed by atoms with Crippen molar-refractivity contribution in [2.24, 2.45) is 5.10 Å². The van der Waals surface area contributed by atoms with Crippen LogP contribution < -0.4 is 10.3 Å². The average molecular weight is 419 g/mol. The van der Waals surface area contributed by atoms with Crippen LogP contribution in [0.3, 0.4) is 0 Å². The topological polar surface area (TPSA) is 99.1 Å². The van der Waals surface area contributed by atoms with E-state index in [-0.39, 0.29) is 10.9 Å². The number of nitrogens with zero attached hydrogens (tertiary/aromatic N) is 2. The van der Waals surface area contributed by atoms with E-state index in [2.05, 4.69) is 22.6 Å². The normalized spacial score (nSPS) is 20.6. The number of quaternary nitrogens is 1. The van der Waals surface area contributed by atoms with E-state index in [0.717, 1.165) is 31.6 Å². The zero-order chi connectivity index (χ0) is 21.0. The highest BCUT2D eigenvalue weighted by Crippen LogP contribution is 2.20. The van der Waals surface area contributed by atoms with E-state index in [1.165, 1.54) is 33.5 Å². The Balaban J connectivity index is 1.67. The summed E-state index contributed by atoms with van der Waals surface area (Å²) in [7, 11) is 0.168. The van der Waals surface area contributed by atoms with Gasteiger partial charge in [-0.1, -0.05) is 0 Å². The second-order valence-corrected chi connectivity index (χ2v) is 9.45. The van der Waals surface area contributed by atoms with Crippen molar-refractivity contribution in [3.63, 3.8) is 0 Å². The fourth-order valence-electron chi connectivity index (χ4n) is 3.41. The van der Waals surface area contributed by atoms with Gasteiger partial charge in [-0.15, -0.1) is 0 Å². The van der Waals surface area contributed by atoms with Crippen LogP contribution in [0.1, 0.15) is 35.8 Å². The monoisotopic (exact) mass is 418 g/mol. The molecule has 1 aliphatic rings. The minimum Gasteiger partial charge on any atom is -0.360 e. The summed E-state index contributed by atoms with van der Waals surface area (Å²) in [6, 6.07) is 9.68. The number of hydrogen-bond acceptors (Lipinski definition) is 4. The number of aromatic nitrogens is 1. The Kier molecular flexibility index (Phi) is 6.51. The Labute approximate surface area is 171 Å². The van der Waals surface area contributed by atoms with Crippen molar-refractivity contribution in [1.29, 1.82) is 0 Å². The number of nitrogens with one attached hydrogen (secondary N) is 3. The first kappa shape index (κ1) is 21.2. The van der Waals surface area contributed by atoms with Crippen molar-refractivity contribution in [2.45, 2.75) is 30.7 Å². The number of sulfonamides is 1. The van der Waals surface area contributed by atoms with Gasteiger partial charge in [0.05, 0.1) is 36.4 Å². The van der Waals surface area contributed by atoms with Crippen LogP contribution in [0.2, 0.25) is 0 Å². The molecule has 0 unspecified atom stereocenters. The minimum absolute atomic E-state index is 0.0111. The highest BCUT2D eigenvalue weighted by atomic mass is 32.2. The number of carbonyl (C=O) groups excluding carboxylic acids is 1. The molecule has 1 aromatic carbocycles. The predicted molar refractivity (Wildman–Crippen MR) is 112 cm³/mol. The van der Waals surface area contributed by atoms with E-state index in [0.29, 0.717) is 11.3 Å². The lowest BCUT2D eigenvalue weighted by Crippen LogP contribution is -3.10. The summed E-state index contributed by atoms with van der Waals surface area (Å²) >= 11 is 0. The molecule has 8 nitrogen and oxygen atoms in total. The van der Waals surface area contributed by atoms with Crippen molar-refractivity contribution in [2.75, 3.05) is 27.2 Å². The van der Waals surface area contributed by atoms with Gasteiger partial charge in [0, 0.05) is 37.7 Å². The first-order valence-electron chi connectivity index (χ1n) is 9.67. The number of amides is 1. The first-order chi connectivity index (χ1) is 13.8. The van der Waals surface area contributed by atoms with Crippen molar-refractivity contribution in [3.05, 3.63) is 53.9 Å². The van der Waals surface area contributed by atoms with Crippen LogP contribution in [0.15, 0.2) is 52.6 Å². The maximum absolute atomic E-state index is 12.9. The molecule has 3 N–H and O–H groups in total. The molecule has 1 saturated heterocycles. The van der Waals surface area contributed by atoms with E-state index in [4.69, 9.17) is 0 Å². The number of hydrogen-bond donors (Lipinski definition) is 3. The van der Waals surface area contributed by atoms with E-state index < -0.39 is 15.9 Å². The summed E-state index contributed by atoms with van der Waals surface area (Å²) < 4.78 is 27.3. The lowest BCUT2D eigenvalue weighted by molar-refractivity contribution is -0.885.